The summed E-state index contributed by atoms with van der Waals surface area (Å²) < 4.78 is 0. The largest absolute Gasteiger partial charge is 0.192 e. The molecule has 1 unspecified atom stereocenters. The highest BCUT2D eigenvalue weighted by molar-refractivity contribution is 5.38. The van der Waals surface area contributed by atoms with Crippen LogP contribution in [0.2, 0.25) is 0 Å². The molecule has 0 fully saturated rings. The minimum Gasteiger partial charge on any atom is -0.192 e. The lowest BCUT2D eigenvalue weighted by molar-refractivity contribution is 0.550. The van der Waals surface area contributed by atoms with Gasteiger partial charge in [-0.15, -0.1) is 0 Å². The van der Waals surface area contributed by atoms with Gasteiger partial charge in [0.25, 0.3) is 0 Å². The molecule has 1 nitrogen and oxygen atoms in total. The van der Waals surface area contributed by atoms with Gasteiger partial charge in [0.05, 0.1) is 6.07 Å². The Balaban J connectivity index is 2.87. The number of rotatable bonds is 1. The molecule has 1 aliphatic rings. The van der Waals surface area contributed by atoms with Crippen molar-refractivity contribution in [3.8, 4) is 6.07 Å². The van der Waals surface area contributed by atoms with Gasteiger partial charge in [-0.3, -0.25) is 0 Å². The van der Waals surface area contributed by atoms with Crippen LogP contribution in [0.1, 0.15) is 13.8 Å². The van der Waals surface area contributed by atoms with Crippen molar-refractivity contribution >= 4 is 0 Å². The van der Waals surface area contributed by atoms with Crippen molar-refractivity contribution in [2.75, 3.05) is 0 Å². The number of hydrogen-bond donors (Lipinski definition) is 0. The number of hydrogen-bond acceptors (Lipinski definition) is 1. The van der Waals surface area contributed by atoms with Crippen LogP contribution in [-0.4, -0.2) is 0 Å². The summed E-state index contributed by atoms with van der Waals surface area (Å²) >= 11 is 0. The maximum Gasteiger partial charge on any atom is 0.0988 e. The highest BCUT2D eigenvalue weighted by Crippen LogP contribution is 2.18. The first-order chi connectivity index (χ1) is 5.74. The van der Waals surface area contributed by atoms with E-state index in [9.17, 15) is 0 Å². The van der Waals surface area contributed by atoms with E-state index in [0.717, 1.165) is 5.57 Å². The summed E-state index contributed by atoms with van der Waals surface area (Å²) in [7, 11) is 0. The Bertz CT molecular complexity index is 274. The maximum absolute atomic E-state index is 8.72. The lowest BCUT2D eigenvalue weighted by Gasteiger charge is -2.10. The summed E-state index contributed by atoms with van der Waals surface area (Å²) in [6.45, 7) is 4.32. The monoisotopic (exact) mass is 159 g/mol. The number of nitriles is 1. The zero-order valence-corrected chi connectivity index (χ0v) is 7.49. The van der Waals surface area contributed by atoms with Crippen molar-refractivity contribution in [1.82, 2.24) is 0 Å². The summed E-state index contributed by atoms with van der Waals surface area (Å²) in [4.78, 5) is 0. The molecule has 0 aromatic heterocycles. The Hall–Kier alpha value is -1.29. The van der Waals surface area contributed by atoms with Crippen LogP contribution in [0.25, 0.3) is 0 Å². The summed E-state index contributed by atoms with van der Waals surface area (Å²) in [5.74, 6) is 0.958. The highest BCUT2D eigenvalue weighted by atomic mass is 14.2. The van der Waals surface area contributed by atoms with Gasteiger partial charge < -0.3 is 0 Å². The summed E-state index contributed by atoms with van der Waals surface area (Å²) in [6.07, 6.45) is 9.91. The number of allylic oxidation sites excluding steroid dienone is 6. The van der Waals surface area contributed by atoms with Gasteiger partial charge in [-0.25, -0.2) is 0 Å². The molecule has 0 amide bonds. The van der Waals surface area contributed by atoms with Gasteiger partial charge in [0.1, 0.15) is 0 Å². The molecular formula is C11H13N. The Labute approximate surface area is 73.7 Å². The molecule has 0 bridgehead atoms. The van der Waals surface area contributed by atoms with Crippen LogP contribution in [0, 0.1) is 23.2 Å². The average Bonchev–Trinajstić information content (AvgIpc) is 2.28. The lowest BCUT2D eigenvalue weighted by Crippen LogP contribution is -2.01. The van der Waals surface area contributed by atoms with Crippen LogP contribution in [0.15, 0.2) is 36.0 Å². The summed E-state index contributed by atoms with van der Waals surface area (Å²) in [5, 5.41) is 8.72. The van der Waals surface area contributed by atoms with Gasteiger partial charge in [0, 0.05) is 5.57 Å². The minimum absolute atomic E-state index is 0.398. The molecule has 0 N–H and O–H groups in total. The number of nitrogens with zero attached hydrogens (tertiary/aromatic N) is 1. The Kier molecular flexibility index (Phi) is 2.88. The van der Waals surface area contributed by atoms with Gasteiger partial charge >= 0.3 is 0 Å². The molecule has 0 aromatic carbocycles. The van der Waals surface area contributed by atoms with Crippen molar-refractivity contribution in [3.05, 3.63) is 36.0 Å². The molecule has 1 atom stereocenters. The highest BCUT2D eigenvalue weighted by Gasteiger charge is 2.08. The third-order valence-electron chi connectivity index (χ3n) is 1.99. The van der Waals surface area contributed by atoms with Crippen molar-refractivity contribution < 1.29 is 0 Å². The van der Waals surface area contributed by atoms with Crippen molar-refractivity contribution in [1.29, 1.82) is 5.26 Å². The third-order valence-corrected chi connectivity index (χ3v) is 1.99. The molecule has 0 heterocycles. The summed E-state index contributed by atoms with van der Waals surface area (Å²) in [5.41, 5.74) is 0.763. The molecular weight excluding hydrogens is 146 g/mol. The van der Waals surface area contributed by atoms with Crippen LogP contribution < -0.4 is 0 Å². The standard InChI is InChI=1S/C11H13N/c1-9(2)11-6-4-3-5-10(7-11)8-12/h3-7,9,11H,1-2H3. The fourth-order valence-electron chi connectivity index (χ4n) is 1.16. The molecule has 0 spiro atoms. The van der Waals surface area contributed by atoms with Gasteiger partial charge in [-0.2, -0.15) is 5.26 Å². The molecule has 1 aliphatic carbocycles. The fourth-order valence-corrected chi connectivity index (χ4v) is 1.16. The first-order valence-electron chi connectivity index (χ1n) is 4.21. The van der Waals surface area contributed by atoms with E-state index in [1.807, 2.05) is 24.3 Å². The predicted octanol–water partition coefficient (Wildman–Crippen LogP) is 2.83. The average molecular weight is 159 g/mol. The Morgan fingerprint density at radius 1 is 1.42 bits per heavy atom. The van der Waals surface area contributed by atoms with E-state index in [-0.39, 0.29) is 0 Å². The molecule has 1 heteroatoms. The second-order valence-corrected chi connectivity index (χ2v) is 3.30. The van der Waals surface area contributed by atoms with Crippen molar-refractivity contribution in [2.24, 2.45) is 11.8 Å². The van der Waals surface area contributed by atoms with Crippen LogP contribution in [-0.2, 0) is 0 Å². The molecule has 0 saturated heterocycles. The maximum atomic E-state index is 8.72. The molecule has 0 radical (unpaired) electrons. The Morgan fingerprint density at radius 2 is 2.17 bits per heavy atom. The van der Waals surface area contributed by atoms with E-state index in [0.29, 0.717) is 11.8 Å². The first kappa shape index (κ1) is 8.80. The zero-order chi connectivity index (χ0) is 8.97. The molecule has 1 rings (SSSR count). The first-order valence-corrected chi connectivity index (χ1v) is 4.21. The second kappa shape index (κ2) is 3.92. The van der Waals surface area contributed by atoms with Crippen molar-refractivity contribution in [3.63, 3.8) is 0 Å². The van der Waals surface area contributed by atoms with E-state index in [1.165, 1.54) is 0 Å². The van der Waals surface area contributed by atoms with Gasteiger partial charge in [-0.1, -0.05) is 38.2 Å². The van der Waals surface area contributed by atoms with E-state index in [4.69, 9.17) is 5.26 Å². The van der Waals surface area contributed by atoms with Crippen LogP contribution >= 0.6 is 0 Å². The van der Waals surface area contributed by atoms with Crippen LogP contribution in [0.4, 0.5) is 0 Å². The SMILES string of the molecule is CC(C)C1C=CC=CC(C#N)=C1. The van der Waals surface area contributed by atoms with Gasteiger partial charge in [0.15, 0.2) is 0 Å². The predicted molar refractivity (Wildman–Crippen MR) is 50.3 cm³/mol. The fraction of sp³-hybridized carbons (Fsp3) is 0.364. The van der Waals surface area contributed by atoms with E-state index >= 15 is 0 Å². The molecule has 12 heavy (non-hydrogen) atoms. The summed E-state index contributed by atoms with van der Waals surface area (Å²) in [6, 6.07) is 2.16. The molecule has 0 aliphatic heterocycles. The molecule has 62 valence electrons. The minimum atomic E-state index is 0.398. The lowest BCUT2D eigenvalue weighted by atomic mass is 9.94. The van der Waals surface area contributed by atoms with E-state index in [2.05, 4.69) is 26.0 Å². The third kappa shape index (κ3) is 2.10. The topological polar surface area (TPSA) is 23.8 Å². The van der Waals surface area contributed by atoms with E-state index in [1.54, 1.807) is 0 Å². The van der Waals surface area contributed by atoms with E-state index < -0.39 is 0 Å². The quantitative estimate of drug-likeness (QED) is 0.577. The Morgan fingerprint density at radius 3 is 2.75 bits per heavy atom. The van der Waals surface area contributed by atoms with Gasteiger partial charge in [0.2, 0.25) is 0 Å². The van der Waals surface area contributed by atoms with Crippen LogP contribution in [0.3, 0.4) is 0 Å². The smallest absolute Gasteiger partial charge is 0.0988 e. The van der Waals surface area contributed by atoms with Crippen LogP contribution in [0.5, 0.6) is 0 Å². The molecule has 0 aromatic rings. The normalized spacial score (nSPS) is 21.8. The molecule has 0 saturated carbocycles. The second-order valence-electron chi connectivity index (χ2n) is 3.30. The zero-order valence-electron chi connectivity index (χ0n) is 7.49. The van der Waals surface area contributed by atoms with Gasteiger partial charge in [-0.05, 0) is 17.9 Å². The van der Waals surface area contributed by atoms with Crippen molar-refractivity contribution in [2.45, 2.75) is 13.8 Å².